The second kappa shape index (κ2) is 4.66. The monoisotopic (exact) mass is 289 g/mol. The molecule has 0 aliphatic carbocycles. The summed E-state index contributed by atoms with van der Waals surface area (Å²) in [4.78, 5) is 13.8. The molecular weight excluding hydrogens is 274 g/mol. The van der Waals surface area contributed by atoms with Gasteiger partial charge in [-0.3, -0.25) is 4.90 Å². The molecule has 1 aliphatic heterocycles. The normalized spacial score (nSPS) is 24.4. The van der Waals surface area contributed by atoms with Crippen molar-refractivity contribution in [2.75, 3.05) is 17.8 Å². The summed E-state index contributed by atoms with van der Waals surface area (Å²) in [5.74, 6) is 0.409. The molecule has 19 heavy (non-hydrogen) atoms. The van der Waals surface area contributed by atoms with E-state index >= 15 is 0 Å². The van der Waals surface area contributed by atoms with Gasteiger partial charge in [0.25, 0.3) is 0 Å². The van der Waals surface area contributed by atoms with E-state index < -0.39 is 23.9 Å². The Morgan fingerprint density at radius 2 is 2.11 bits per heavy atom. The van der Waals surface area contributed by atoms with Crippen molar-refractivity contribution in [3.8, 4) is 0 Å². The van der Waals surface area contributed by atoms with Crippen LogP contribution in [0.4, 0.5) is 10.7 Å². The number of hydrogen-bond donors (Lipinski definition) is 2. The van der Waals surface area contributed by atoms with Crippen LogP contribution in [0.2, 0.25) is 0 Å². The van der Waals surface area contributed by atoms with E-state index in [1.165, 1.54) is 13.1 Å². The van der Waals surface area contributed by atoms with Crippen LogP contribution < -0.4 is 4.90 Å². The largest absolute Gasteiger partial charge is 0.369 e. The molecule has 0 spiro atoms. The molecule has 1 aliphatic rings. The minimum Gasteiger partial charge on any atom is -0.369 e. The predicted molar refractivity (Wildman–Crippen MR) is 67.9 cm³/mol. The maximum Gasteiger partial charge on any atom is 0.331 e. The number of anilines is 1. The van der Waals surface area contributed by atoms with Gasteiger partial charge in [-0.15, -0.1) is 11.6 Å². The zero-order chi connectivity index (χ0) is 14.4. The molecule has 106 valence electrons. The van der Waals surface area contributed by atoms with Crippen LogP contribution >= 0.6 is 11.6 Å². The van der Waals surface area contributed by atoms with Crippen LogP contribution in [0.1, 0.15) is 19.5 Å². The van der Waals surface area contributed by atoms with E-state index in [1.807, 2.05) is 13.8 Å². The molecule has 2 atom stereocenters. The molecule has 1 fully saturated rings. The average molecular weight is 290 g/mol. The van der Waals surface area contributed by atoms with Crippen LogP contribution in [0.25, 0.3) is 0 Å². The van der Waals surface area contributed by atoms with Crippen molar-refractivity contribution in [2.24, 2.45) is 0 Å². The van der Waals surface area contributed by atoms with Crippen molar-refractivity contribution >= 4 is 23.5 Å². The number of halogens is 1. The number of alkyl halides is 1. The molecule has 2 amide bonds. The number of carbonyl (C=O) groups is 1. The van der Waals surface area contributed by atoms with Gasteiger partial charge in [-0.25, -0.2) is 9.69 Å². The number of carbonyl (C=O) groups excluding carboxylic acids is 1. The van der Waals surface area contributed by atoms with Crippen LogP contribution in [0.5, 0.6) is 0 Å². The molecule has 0 aromatic carbocycles. The van der Waals surface area contributed by atoms with Gasteiger partial charge in [0.1, 0.15) is 0 Å². The first kappa shape index (κ1) is 14.1. The van der Waals surface area contributed by atoms with Crippen molar-refractivity contribution < 1.29 is 19.5 Å². The molecule has 8 heteroatoms. The Morgan fingerprint density at radius 3 is 2.58 bits per heavy atom. The Bertz CT molecular complexity index is 490. The predicted octanol–water partition coefficient (Wildman–Crippen LogP) is 0.700. The van der Waals surface area contributed by atoms with Gasteiger partial charge in [-0.05, 0) is 0 Å². The lowest BCUT2D eigenvalue weighted by atomic mass is 9.92. The molecule has 2 unspecified atom stereocenters. The quantitative estimate of drug-likeness (QED) is 0.800. The molecule has 2 rings (SSSR count). The molecule has 0 bridgehead atoms. The third kappa shape index (κ3) is 2.18. The Hall–Kier alpha value is -1.31. The Kier molecular flexibility index (Phi) is 3.46. The fourth-order valence-electron chi connectivity index (χ4n) is 1.72. The fraction of sp³-hybridized carbons (Fsp3) is 0.636. The van der Waals surface area contributed by atoms with E-state index in [2.05, 4.69) is 5.16 Å². The molecule has 1 aromatic rings. The van der Waals surface area contributed by atoms with Crippen LogP contribution in [-0.2, 0) is 5.41 Å². The summed E-state index contributed by atoms with van der Waals surface area (Å²) in [5, 5.41) is 23.3. The SMILES string of the molecule is CN1C(=O)N(c2cc(C(C)(C)CCl)no2)C(O)C1O. The molecule has 1 saturated heterocycles. The first-order valence-corrected chi connectivity index (χ1v) is 6.28. The Balaban J connectivity index is 2.31. The molecule has 7 nitrogen and oxygen atoms in total. The number of aliphatic hydroxyl groups excluding tert-OH is 2. The number of aromatic nitrogens is 1. The highest BCUT2D eigenvalue weighted by atomic mass is 35.5. The van der Waals surface area contributed by atoms with E-state index in [1.54, 1.807) is 0 Å². The molecule has 1 aromatic heterocycles. The summed E-state index contributed by atoms with van der Waals surface area (Å²) in [6.45, 7) is 3.76. The van der Waals surface area contributed by atoms with Gasteiger partial charge < -0.3 is 14.7 Å². The second-order valence-electron chi connectivity index (χ2n) is 5.16. The lowest BCUT2D eigenvalue weighted by molar-refractivity contribution is -0.0190. The summed E-state index contributed by atoms with van der Waals surface area (Å²) in [7, 11) is 1.39. The zero-order valence-corrected chi connectivity index (χ0v) is 11.6. The van der Waals surface area contributed by atoms with Gasteiger partial charge in [-0.2, -0.15) is 0 Å². The summed E-state index contributed by atoms with van der Waals surface area (Å²) in [6, 6.07) is 0.974. The second-order valence-corrected chi connectivity index (χ2v) is 5.43. The summed E-state index contributed by atoms with van der Waals surface area (Å²) >= 11 is 5.84. The zero-order valence-electron chi connectivity index (χ0n) is 10.9. The first-order chi connectivity index (χ1) is 8.79. The minimum absolute atomic E-state index is 0.0779. The van der Waals surface area contributed by atoms with E-state index in [4.69, 9.17) is 16.1 Å². The number of urea groups is 1. The van der Waals surface area contributed by atoms with Crippen LogP contribution in [-0.4, -0.2) is 51.7 Å². The number of hydrogen-bond acceptors (Lipinski definition) is 5. The van der Waals surface area contributed by atoms with Crippen molar-refractivity contribution in [1.82, 2.24) is 10.1 Å². The topological polar surface area (TPSA) is 90.0 Å². The van der Waals surface area contributed by atoms with Crippen molar-refractivity contribution in [1.29, 1.82) is 0 Å². The molecule has 0 saturated carbocycles. The van der Waals surface area contributed by atoms with Crippen LogP contribution in [0.3, 0.4) is 0 Å². The number of likely N-dealkylation sites (N-methyl/N-ethyl adjacent to an activating group) is 1. The number of aliphatic hydroxyl groups is 2. The number of rotatable bonds is 3. The van der Waals surface area contributed by atoms with Crippen LogP contribution in [0.15, 0.2) is 10.6 Å². The van der Waals surface area contributed by atoms with Crippen molar-refractivity contribution in [2.45, 2.75) is 31.7 Å². The maximum atomic E-state index is 11.9. The van der Waals surface area contributed by atoms with Gasteiger partial charge in [0, 0.05) is 24.4 Å². The minimum atomic E-state index is -1.39. The van der Waals surface area contributed by atoms with Gasteiger partial charge >= 0.3 is 6.03 Å². The molecule has 2 heterocycles. The maximum absolute atomic E-state index is 11.9. The highest BCUT2D eigenvalue weighted by Gasteiger charge is 2.45. The van der Waals surface area contributed by atoms with Gasteiger partial charge in [-0.1, -0.05) is 19.0 Å². The standard InChI is InChI=1S/C11H16ClN3O4/c1-11(2,5-12)6-4-7(19-13-6)15-9(17)8(16)14(3)10(15)18/h4,8-9,16-17H,5H2,1-3H3. The summed E-state index contributed by atoms with van der Waals surface area (Å²) in [6.07, 6.45) is -2.69. The van der Waals surface area contributed by atoms with Gasteiger partial charge in [0.2, 0.25) is 5.88 Å². The van der Waals surface area contributed by atoms with Gasteiger partial charge in [0.15, 0.2) is 12.5 Å². The van der Waals surface area contributed by atoms with E-state index in [9.17, 15) is 15.0 Å². The smallest absolute Gasteiger partial charge is 0.331 e. The molecule has 0 radical (unpaired) electrons. The Morgan fingerprint density at radius 1 is 1.47 bits per heavy atom. The highest BCUT2D eigenvalue weighted by Crippen LogP contribution is 2.31. The summed E-state index contributed by atoms with van der Waals surface area (Å²) in [5.41, 5.74) is 0.156. The lowest BCUT2D eigenvalue weighted by Crippen LogP contribution is -2.36. The third-order valence-electron chi connectivity index (χ3n) is 3.20. The van der Waals surface area contributed by atoms with Gasteiger partial charge in [0.05, 0.1) is 5.69 Å². The molecular formula is C11H16ClN3O4. The lowest BCUT2D eigenvalue weighted by Gasteiger charge is -2.17. The fourth-order valence-corrected chi connectivity index (χ4v) is 1.86. The van der Waals surface area contributed by atoms with E-state index in [0.717, 1.165) is 9.80 Å². The van der Waals surface area contributed by atoms with Crippen molar-refractivity contribution in [3.63, 3.8) is 0 Å². The highest BCUT2D eigenvalue weighted by molar-refractivity contribution is 6.18. The first-order valence-electron chi connectivity index (χ1n) is 5.75. The Labute approximate surface area is 115 Å². The average Bonchev–Trinajstić information content (AvgIpc) is 2.92. The number of amides is 2. The van der Waals surface area contributed by atoms with E-state index in [-0.39, 0.29) is 5.88 Å². The summed E-state index contributed by atoms with van der Waals surface area (Å²) < 4.78 is 5.07. The van der Waals surface area contributed by atoms with Crippen molar-refractivity contribution in [3.05, 3.63) is 11.8 Å². The van der Waals surface area contributed by atoms with Crippen LogP contribution in [0, 0.1) is 0 Å². The van der Waals surface area contributed by atoms with E-state index in [0.29, 0.717) is 11.6 Å². The number of nitrogens with zero attached hydrogens (tertiary/aromatic N) is 3. The third-order valence-corrected chi connectivity index (χ3v) is 3.87. The molecule has 2 N–H and O–H groups in total.